The lowest BCUT2D eigenvalue weighted by Gasteiger charge is -2.21. The summed E-state index contributed by atoms with van der Waals surface area (Å²) in [4.78, 5) is 0. The predicted molar refractivity (Wildman–Crippen MR) is 81.2 cm³/mol. The lowest BCUT2D eigenvalue weighted by atomic mass is 9.84. The third-order valence-corrected chi connectivity index (χ3v) is 4.31. The van der Waals surface area contributed by atoms with E-state index in [2.05, 4.69) is 32.1 Å². The van der Waals surface area contributed by atoms with Crippen LogP contribution in [0.15, 0.2) is 24.3 Å². The molecule has 0 aromatic heterocycles. The molecule has 0 fully saturated rings. The Morgan fingerprint density at radius 3 is 2.56 bits per heavy atom. The molecule has 2 rings (SSSR count). The fraction of sp³-hybridized carbons (Fsp3) is 0.529. The van der Waals surface area contributed by atoms with E-state index in [0.29, 0.717) is 5.92 Å². The highest BCUT2D eigenvalue weighted by atomic mass is 35.5. The van der Waals surface area contributed by atoms with Gasteiger partial charge in [-0.1, -0.05) is 37.6 Å². The van der Waals surface area contributed by atoms with Crippen molar-refractivity contribution < 1.29 is 0 Å². The van der Waals surface area contributed by atoms with Gasteiger partial charge < -0.3 is 0 Å². The molecular formula is C17H23Cl. The largest absolute Gasteiger partial charge is 0.0843 e. The smallest absolute Gasteiger partial charge is 0.0412 e. The average Bonchev–Trinajstić information content (AvgIpc) is 2.42. The summed E-state index contributed by atoms with van der Waals surface area (Å²) >= 11 is 6.20. The van der Waals surface area contributed by atoms with Crippen molar-refractivity contribution in [2.45, 2.75) is 58.3 Å². The molecule has 0 saturated carbocycles. The van der Waals surface area contributed by atoms with E-state index in [-0.39, 0.29) is 0 Å². The maximum atomic E-state index is 6.20. The van der Waals surface area contributed by atoms with Crippen LogP contribution in [0.4, 0.5) is 0 Å². The van der Waals surface area contributed by atoms with E-state index < -0.39 is 0 Å². The Kier molecular flexibility index (Phi) is 4.88. The van der Waals surface area contributed by atoms with Crippen molar-refractivity contribution >= 4 is 17.2 Å². The Bertz CT molecular complexity index is 427. The van der Waals surface area contributed by atoms with Gasteiger partial charge in [-0.25, -0.2) is 0 Å². The molecule has 1 aliphatic carbocycles. The number of allylic oxidation sites excluding steroid dienone is 2. The molecule has 0 radical (unpaired) electrons. The van der Waals surface area contributed by atoms with Crippen LogP contribution in [0.5, 0.6) is 0 Å². The van der Waals surface area contributed by atoms with Crippen molar-refractivity contribution in [2.75, 3.05) is 0 Å². The molecule has 18 heavy (non-hydrogen) atoms. The van der Waals surface area contributed by atoms with Gasteiger partial charge in [-0.05, 0) is 73.3 Å². The number of benzene rings is 1. The van der Waals surface area contributed by atoms with Crippen LogP contribution >= 0.6 is 11.6 Å². The molecule has 1 aromatic carbocycles. The molecule has 0 bridgehead atoms. The van der Waals surface area contributed by atoms with Gasteiger partial charge >= 0.3 is 0 Å². The van der Waals surface area contributed by atoms with E-state index >= 15 is 0 Å². The SMILES string of the molecule is CCC(CC)c1ccc(Cl)cc1C1=CCCCC1. The summed E-state index contributed by atoms with van der Waals surface area (Å²) in [5, 5.41) is 0.867. The molecule has 0 N–H and O–H groups in total. The van der Waals surface area contributed by atoms with Gasteiger partial charge in [0.2, 0.25) is 0 Å². The highest BCUT2D eigenvalue weighted by Crippen LogP contribution is 2.36. The normalized spacial score (nSPS) is 15.9. The minimum absolute atomic E-state index is 0.667. The Hall–Kier alpha value is -0.750. The van der Waals surface area contributed by atoms with Gasteiger partial charge in [0.15, 0.2) is 0 Å². The second-order valence-electron chi connectivity index (χ2n) is 5.22. The van der Waals surface area contributed by atoms with Crippen molar-refractivity contribution in [3.8, 4) is 0 Å². The zero-order valence-corrected chi connectivity index (χ0v) is 12.3. The summed E-state index contributed by atoms with van der Waals surface area (Å²) in [7, 11) is 0. The first-order valence-corrected chi connectivity index (χ1v) is 7.62. The topological polar surface area (TPSA) is 0 Å². The predicted octanol–water partition coefficient (Wildman–Crippen LogP) is 6.20. The molecule has 0 amide bonds. The van der Waals surface area contributed by atoms with Crippen LogP contribution in [0.3, 0.4) is 0 Å². The second-order valence-corrected chi connectivity index (χ2v) is 5.66. The lowest BCUT2D eigenvalue weighted by Crippen LogP contribution is -2.02. The molecular weight excluding hydrogens is 240 g/mol. The third kappa shape index (κ3) is 2.98. The highest BCUT2D eigenvalue weighted by molar-refractivity contribution is 6.30. The molecule has 1 heteroatoms. The number of hydrogen-bond donors (Lipinski definition) is 0. The monoisotopic (exact) mass is 262 g/mol. The van der Waals surface area contributed by atoms with Gasteiger partial charge in [0.25, 0.3) is 0 Å². The Morgan fingerprint density at radius 1 is 1.17 bits per heavy atom. The Balaban J connectivity index is 2.42. The summed E-state index contributed by atoms with van der Waals surface area (Å²) in [5.41, 5.74) is 4.43. The van der Waals surface area contributed by atoms with Crippen molar-refractivity contribution in [1.29, 1.82) is 0 Å². The standard InChI is InChI=1S/C17H23Cl/c1-3-13(4-2)16-11-10-15(18)12-17(16)14-8-6-5-7-9-14/h8,10-13H,3-7,9H2,1-2H3. The molecule has 1 aliphatic rings. The number of halogens is 1. The van der Waals surface area contributed by atoms with Crippen LogP contribution in [0.2, 0.25) is 5.02 Å². The molecule has 0 unspecified atom stereocenters. The lowest BCUT2D eigenvalue weighted by molar-refractivity contribution is 0.639. The van der Waals surface area contributed by atoms with E-state index in [1.807, 2.05) is 6.07 Å². The minimum Gasteiger partial charge on any atom is -0.0843 e. The highest BCUT2D eigenvalue weighted by Gasteiger charge is 2.16. The van der Waals surface area contributed by atoms with Gasteiger partial charge in [-0.2, -0.15) is 0 Å². The van der Waals surface area contributed by atoms with E-state index in [4.69, 9.17) is 11.6 Å². The molecule has 0 saturated heterocycles. The molecule has 98 valence electrons. The van der Waals surface area contributed by atoms with Gasteiger partial charge in [0, 0.05) is 5.02 Å². The van der Waals surface area contributed by atoms with Crippen molar-refractivity contribution in [2.24, 2.45) is 0 Å². The summed E-state index contributed by atoms with van der Waals surface area (Å²) in [6.07, 6.45) is 9.93. The molecule has 0 atom stereocenters. The summed E-state index contributed by atoms with van der Waals surface area (Å²) in [6, 6.07) is 6.46. The summed E-state index contributed by atoms with van der Waals surface area (Å²) in [6.45, 7) is 4.56. The van der Waals surface area contributed by atoms with Gasteiger partial charge in [-0.15, -0.1) is 0 Å². The molecule has 0 spiro atoms. The van der Waals surface area contributed by atoms with Crippen LogP contribution in [0.25, 0.3) is 5.57 Å². The maximum absolute atomic E-state index is 6.20. The van der Waals surface area contributed by atoms with Crippen LogP contribution in [0, 0.1) is 0 Å². The van der Waals surface area contributed by atoms with Crippen LogP contribution < -0.4 is 0 Å². The van der Waals surface area contributed by atoms with Crippen molar-refractivity contribution in [1.82, 2.24) is 0 Å². The minimum atomic E-state index is 0.667. The quantitative estimate of drug-likeness (QED) is 0.606. The van der Waals surface area contributed by atoms with Crippen molar-refractivity contribution in [3.05, 3.63) is 40.4 Å². The Morgan fingerprint density at radius 2 is 1.94 bits per heavy atom. The van der Waals surface area contributed by atoms with Gasteiger partial charge in [0.1, 0.15) is 0 Å². The zero-order valence-electron chi connectivity index (χ0n) is 11.5. The van der Waals surface area contributed by atoms with Crippen LogP contribution in [0.1, 0.15) is 69.4 Å². The van der Waals surface area contributed by atoms with E-state index in [1.54, 1.807) is 0 Å². The van der Waals surface area contributed by atoms with Gasteiger partial charge in [-0.3, -0.25) is 0 Å². The van der Waals surface area contributed by atoms with Crippen LogP contribution in [-0.4, -0.2) is 0 Å². The first-order valence-electron chi connectivity index (χ1n) is 7.25. The number of rotatable bonds is 4. The Labute approximate surface area is 116 Å². The summed E-state index contributed by atoms with van der Waals surface area (Å²) in [5.74, 6) is 0.667. The van der Waals surface area contributed by atoms with Crippen LogP contribution in [-0.2, 0) is 0 Å². The molecule has 0 nitrogen and oxygen atoms in total. The molecule has 1 aromatic rings. The van der Waals surface area contributed by atoms with Crippen molar-refractivity contribution in [3.63, 3.8) is 0 Å². The fourth-order valence-corrected chi connectivity index (χ4v) is 3.15. The molecule has 0 aliphatic heterocycles. The van der Waals surface area contributed by atoms with E-state index in [9.17, 15) is 0 Å². The summed E-state index contributed by atoms with van der Waals surface area (Å²) < 4.78 is 0. The first kappa shape index (κ1) is 13.7. The van der Waals surface area contributed by atoms with E-state index in [0.717, 1.165) is 5.02 Å². The maximum Gasteiger partial charge on any atom is 0.0412 e. The molecule has 0 heterocycles. The zero-order chi connectivity index (χ0) is 13.0. The first-order chi connectivity index (χ1) is 8.76. The van der Waals surface area contributed by atoms with Gasteiger partial charge in [0.05, 0.1) is 0 Å². The average molecular weight is 263 g/mol. The fourth-order valence-electron chi connectivity index (χ4n) is 2.97. The second kappa shape index (κ2) is 6.43. The van der Waals surface area contributed by atoms with E-state index in [1.165, 1.54) is 55.2 Å². The number of hydrogen-bond acceptors (Lipinski definition) is 0. The third-order valence-electron chi connectivity index (χ3n) is 4.08.